The summed E-state index contributed by atoms with van der Waals surface area (Å²) in [6, 6.07) is 8.58. The number of aliphatic hydroxyl groups is 1. The zero-order valence-electron chi connectivity index (χ0n) is 22.7. The molecule has 194 valence electrons. The summed E-state index contributed by atoms with van der Waals surface area (Å²) < 4.78 is 0. The topological polar surface area (TPSA) is 69.6 Å². The van der Waals surface area contributed by atoms with Crippen molar-refractivity contribution in [3.8, 4) is 0 Å². The summed E-state index contributed by atoms with van der Waals surface area (Å²) in [6.07, 6.45) is 15.2. The number of aliphatic hydroxyl groups excluding tert-OH is 1. The van der Waals surface area contributed by atoms with E-state index in [1.54, 1.807) is 7.05 Å². The maximum atomic E-state index is 12.7. The monoisotopic (exact) mass is 490 g/mol. The Morgan fingerprint density at radius 1 is 1.14 bits per heavy atom. The summed E-state index contributed by atoms with van der Waals surface area (Å²) in [5.41, 5.74) is 5.96. The van der Waals surface area contributed by atoms with Crippen molar-refractivity contribution in [1.29, 1.82) is 0 Å². The van der Waals surface area contributed by atoms with E-state index in [1.807, 2.05) is 55.5 Å². The minimum atomic E-state index is -0.992. The van der Waals surface area contributed by atoms with Gasteiger partial charge in [0, 0.05) is 19.7 Å². The summed E-state index contributed by atoms with van der Waals surface area (Å²) in [7, 11) is 1.66. The molecule has 1 atom stereocenters. The Balaban J connectivity index is 1.94. The molecule has 0 saturated heterocycles. The molecule has 0 aliphatic heterocycles. The second kappa shape index (κ2) is 13.8. The van der Waals surface area contributed by atoms with Crippen molar-refractivity contribution >= 4 is 11.8 Å². The molecule has 0 fully saturated rings. The Morgan fingerprint density at radius 3 is 2.47 bits per heavy atom. The number of allylic oxidation sites excluding steroid dienone is 9. The van der Waals surface area contributed by atoms with Crippen LogP contribution < -0.4 is 5.32 Å². The third-order valence-electron chi connectivity index (χ3n) is 6.57. The van der Waals surface area contributed by atoms with Gasteiger partial charge in [-0.25, -0.2) is 0 Å². The standard InChI is InChI=1S/C31H42N2O3/c1-23(17-18-27-25(3)14-11-19-31(27,4)5)12-10-13-24(2)20-29(35)32-28(22-34)30(36)33(6)21-26-15-8-7-9-16-26/h7-10,12-13,15-18,20,28,34H,11,14,19,21-22H2,1-6H3,(H,32,35). The number of hydrogen-bond acceptors (Lipinski definition) is 3. The van der Waals surface area contributed by atoms with E-state index >= 15 is 0 Å². The molecule has 0 radical (unpaired) electrons. The van der Waals surface area contributed by atoms with Crippen molar-refractivity contribution in [2.24, 2.45) is 5.41 Å². The minimum Gasteiger partial charge on any atom is -0.394 e. The van der Waals surface area contributed by atoms with Crippen LogP contribution in [0.25, 0.3) is 0 Å². The Kier molecular flexibility index (Phi) is 11.1. The second-order valence-corrected chi connectivity index (χ2v) is 10.3. The highest BCUT2D eigenvalue weighted by Crippen LogP contribution is 2.40. The van der Waals surface area contributed by atoms with Crippen LogP contribution in [0.3, 0.4) is 0 Å². The van der Waals surface area contributed by atoms with Crippen LogP contribution >= 0.6 is 0 Å². The number of likely N-dealkylation sites (N-methyl/N-ethyl adjacent to an activating group) is 1. The fourth-order valence-electron chi connectivity index (χ4n) is 4.49. The van der Waals surface area contributed by atoms with Gasteiger partial charge in [-0.3, -0.25) is 9.59 Å². The van der Waals surface area contributed by atoms with Crippen molar-refractivity contribution in [1.82, 2.24) is 10.2 Å². The predicted molar refractivity (Wildman–Crippen MR) is 148 cm³/mol. The van der Waals surface area contributed by atoms with Gasteiger partial charge in [0.25, 0.3) is 0 Å². The predicted octanol–water partition coefficient (Wildman–Crippen LogP) is 5.65. The molecule has 1 aliphatic carbocycles. The van der Waals surface area contributed by atoms with Crippen LogP contribution in [-0.4, -0.2) is 41.5 Å². The van der Waals surface area contributed by atoms with Crippen molar-refractivity contribution in [3.63, 3.8) is 0 Å². The van der Waals surface area contributed by atoms with E-state index in [-0.39, 0.29) is 11.3 Å². The third-order valence-corrected chi connectivity index (χ3v) is 6.57. The molecular formula is C31H42N2O3. The lowest BCUT2D eigenvalue weighted by molar-refractivity contribution is -0.136. The summed E-state index contributed by atoms with van der Waals surface area (Å²) >= 11 is 0. The van der Waals surface area contributed by atoms with Crippen LogP contribution in [0, 0.1) is 5.41 Å². The van der Waals surface area contributed by atoms with Crippen LogP contribution in [-0.2, 0) is 16.1 Å². The molecule has 36 heavy (non-hydrogen) atoms. The normalized spacial score (nSPS) is 17.5. The summed E-state index contributed by atoms with van der Waals surface area (Å²) in [4.78, 5) is 26.6. The lowest BCUT2D eigenvalue weighted by atomic mass is 9.72. The SMILES string of the molecule is CC(C=CC1=C(C)CCCC1(C)C)=CC=CC(C)=CC(=O)NC(CO)C(=O)N(C)Cc1ccccc1. The van der Waals surface area contributed by atoms with E-state index < -0.39 is 18.6 Å². The van der Waals surface area contributed by atoms with E-state index in [4.69, 9.17) is 0 Å². The summed E-state index contributed by atoms with van der Waals surface area (Å²) in [5.74, 6) is -0.756. The van der Waals surface area contributed by atoms with Crippen molar-refractivity contribution in [2.75, 3.05) is 13.7 Å². The number of rotatable bonds is 10. The number of hydrogen-bond donors (Lipinski definition) is 2. The Labute approximate surface area is 217 Å². The summed E-state index contributed by atoms with van der Waals surface area (Å²) in [5, 5.41) is 12.3. The molecule has 2 rings (SSSR count). The van der Waals surface area contributed by atoms with Gasteiger partial charge in [0.2, 0.25) is 11.8 Å². The fourth-order valence-corrected chi connectivity index (χ4v) is 4.49. The molecule has 1 aliphatic rings. The largest absolute Gasteiger partial charge is 0.394 e. The molecule has 0 aromatic heterocycles. The zero-order chi connectivity index (χ0) is 26.7. The van der Waals surface area contributed by atoms with E-state index in [0.29, 0.717) is 6.54 Å². The quantitative estimate of drug-likeness (QED) is 0.329. The average molecular weight is 491 g/mol. The van der Waals surface area contributed by atoms with Gasteiger partial charge in [-0.05, 0) is 62.2 Å². The Morgan fingerprint density at radius 2 is 1.83 bits per heavy atom. The molecule has 1 aromatic rings. The van der Waals surface area contributed by atoms with Crippen LogP contribution in [0.1, 0.15) is 59.4 Å². The molecule has 0 heterocycles. The maximum absolute atomic E-state index is 12.7. The van der Waals surface area contributed by atoms with Gasteiger partial charge in [-0.15, -0.1) is 0 Å². The van der Waals surface area contributed by atoms with Crippen molar-refractivity contribution < 1.29 is 14.7 Å². The lowest BCUT2D eigenvalue weighted by Gasteiger charge is -2.32. The van der Waals surface area contributed by atoms with Gasteiger partial charge >= 0.3 is 0 Å². The van der Waals surface area contributed by atoms with Gasteiger partial charge in [-0.2, -0.15) is 0 Å². The van der Waals surface area contributed by atoms with Crippen LogP contribution in [0.2, 0.25) is 0 Å². The highest BCUT2D eigenvalue weighted by atomic mass is 16.3. The van der Waals surface area contributed by atoms with Crippen molar-refractivity contribution in [3.05, 3.63) is 94.6 Å². The van der Waals surface area contributed by atoms with E-state index in [0.717, 1.165) is 16.7 Å². The Bertz CT molecular complexity index is 1060. The number of nitrogens with one attached hydrogen (secondary N) is 1. The first-order chi connectivity index (χ1) is 17.0. The molecule has 2 amide bonds. The van der Waals surface area contributed by atoms with Gasteiger partial charge in [0.1, 0.15) is 6.04 Å². The van der Waals surface area contributed by atoms with E-state index in [2.05, 4.69) is 45.2 Å². The first-order valence-corrected chi connectivity index (χ1v) is 12.7. The molecule has 0 saturated carbocycles. The molecule has 0 bridgehead atoms. The first-order valence-electron chi connectivity index (χ1n) is 12.7. The van der Waals surface area contributed by atoms with Crippen LogP contribution in [0.15, 0.2) is 89.1 Å². The van der Waals surface area contributed by atoms with Gasteiger partial charge < -0.3 is 15.3 Å². The molecule has 5 heteroatoms. The molecule has 1 aromatic carbocycles. The van der Waals surface area contributed by atoms with E-state index in [1.165, 1.54) is 41.4 Å². The molecular weight excluding hydrogens is 448 g/mol. The van der Waals surface area contributed by atoms with E-state index in [9.17, 15) is 14.7 Å². The number of benzene rings is 1. The van der Waals surface area contributed by atoms with Crippen LogP contribution in [0.5, 0.6) is 0 Å². The third kappa shape index (κ3) is 9.12. The fraction of sp³-hybridized carbons (Fsp3) is 0.419. The molecule has 5 nitrogen and oxygen atoms in total. The van der Waals surface area contributed by atoms with Crippen molar-refractivity contribution in [2.45, 2.75) is 66.5 Å². The lowest BCUT2D eigenvalue weighted by Crippen LogP contribution is -2.48. The minimum absolute atomic E-state index is 0.214. The average Bonchev–Trinajstić information content (AvgIpc) is 2.82. The van der Waals surface area contributed by atoms with Gasteiger partial charge in [0.15, 0.2) is 0 Å². The zero-order valence-corrected chi connectivity index (χ0v) is 22.7. The Hall–Kier alpha value is -3.18. The summed E-state index contributed by atoms with van der Waals surface area (Å²) in [6.45, 7) is 10.7. The van der Waals surface area contributed by atoms with Crippen LogP contribution in [0.4, 0.5) is 0 Å². The number of carbonyl (C=O) groups excluding carboxylic acids is 2. The smallest absolute Gasteiger partial charge is 0.247 e. The van der Waals surface area contributed by atoms with Gasteiger partial charge in [0.05, 0.1) is 6.61 Å². The highest BCUT2D eigenvalue weighted by molar-refractivity contribution is 5.93. The maximum Gasteiger partial charge on any atom is 0.247 e. The second-order valence-electron chi connectivity index (χ2n) is 10.3. The highest BCUT2D eigenvalue weighted by Gasteiger charge is 2.26. The molecule has 0 spiro atoms. The molecule has 1 unspecified atom stereocenters. The van der Waals surface area contributed by atoms with Gasteiger partial charge in [-0.1, -0.05) is 85.7 Å². The number of carbonyl (C=O) groups is 2. The first kappa shape index (κ1) is 29.1. The number of nitrogens with zero attached hydrogens (tertiary/aromatic N) is 1. The molecule has 2 N–H and O–H groups in total. The number of amides is 2.